The van der Waals surface area contributed by atoms with Crippen molar-refractivity contribution >= 4 is 34.5 Å². The summed E-state index contributed by atoms with van der Waals surface area (Å²) >= 11 is 1.44. The maximum Gasteiger partial charge on any atom is 0.300 e. The minimum absolute atomic E-state index is 0.0864. The molecule has 0 aliphatic carbocycles. The molecule has 2 aromatic carbocycles. The predicted octanol–water partition coefficient (Wildman–Crippen LogP) is 5.47. The molecular formula is C25H23NO4S. The van der Waals surface area contributed by atoms with Crippen molar-refractivity contribution in [3.8, 4) is 5.75 Å². The van der Waals surface area contributed by atoms with Gasteiger partial charge in [-0.3, -0.25) is 14.5 Å². The van der Waals surface area contributed by atoms with E-state index in [-0.39, 0.29) is 11.3 Å². The molecule has 3 aromatic rings. The molecule has 0 spiro atoms. The Morgan fingerprint density at radius 3 is 2.61 bits per heavy atom. The van der Waals surface area contributed by atoms with Gasteiger partial charge >= 0.3 is 0 Å². The average molecular weight is 434 g/mol. The molecule has 1 aromatic heterocycles. The number of nitrogens with zero attached hydrogens (tertiary/aromatic N) is 1. The normalized spacial score (nSPS) is 17.9. The Labute approximate surface area is 185 Å². The second-order valence-electron chi connectivity index (χ2n) is 7.35. The van der Waals surface area contributed by atoms with Crippen LogP contribution in [-0.4, -0.2) is 23.4 Å². The fourth-order valence-electron chi connectivity index (χ4n) is 3.74. The van der Waals surface area contributed by atoms with Crippen molar-refractivity contribution in [1.29, 1.82) is 0 Å². The van der Waals surface area contributed by atoms with Crippen molar-refractivity contribution in [1.82, 2.24) is 0 Å². The van der Waals surface area contributed by atoms with Gasteiger partial charge in [-0.1, -0.05) is 43.3 Å². The maximum absolute atomic E-state index is 13.1. The largest absolute Gasteiger partial charge is 0.507 e. The summed E-state index contributed by atoms with van der Waals surface area (Å²) in [6, 6.07) is 17.5. The summed E-state index contributed by atoms with van der Waals surface area (Å²) in [7, 11) is 0. The van der Waals surface area contributed by atoms with Crippen molar-refractivity contribution < 1.29 is 19.4 Å². The average Bonchev–Trinajstić information content (AvgIpc) is 3.40. The van der Waals surface area contributed by atoms with Crippen molar-refractivity contribution in [2.24, 2.45) is 0 Å². The molecule has 0 bridgehead atoms. The number of Topliss-reactive ketones (excluding diaryl/α,β-unsaturated/α-hetero) is 1. The molecule has 0 saturated carbocycles. The van der Waals surface area contributed by atoms with E-state index in [9.17, 15) is 14.7 Å². The lowest BCUT2D eigenvalue weighted by Gasteiger charge is -2.25. The Morgan fingerprint density at radius 2 is 1.90 bits per heavy atom. The number of aliphatic hydroxyl groups is 1. The SMILES string of the molecule is CCCOc1cccc(/C(O)=C2/C(=O)C(=O)N(c3ccccc3C)C2c2cccs2)c1. The fourth-order valence-corrected chi connectivity index (χ4v) is 4.56. The summed E-state index contributed by atoms with van der Waals surface area (Å²) in [5.74, 6) is -0.937. The highest BCUT2D eigenvalue weighted by Crippen LogP contribution is 2.44. The van der Waals surface area contributed by atoms with E-state index in [4.69, 9.17) is 4.74 Å². The molecule has 0 radical (unpaired) electrons. The monoisotopic (exact) mass is 433 g/mol. The highest BCUT2D eigenvalue weighted by Gasteiger charge is 2.47. The predicted molar refractivity (Wildman–Crippen MR) is 123 cm³/mol. The Kier molecular flexibility index (Phi) is 5.91. The van der Waals surface area contributed by atoms with E-state index in [0.29, 0.717) is 23.6 Å². The molecule has 1 atom stereocenters. The third-order valence-corrected chi connectivity index (χ3v) is 6.14. The number of carbonyl (C=O) groups is 2. The number of anilines is 1. The lowest BCUT2D eigenvalue weighted by atomic mass is 9.99. The van der Waals surface area contributed by atoms with Crippen LogP contribution in [0.1, 0.15) is 35.4 Å². The van der Waals surface area contributed by atoms with Gasteiger partial charge in [-0.05, 0) is 48.6 Å². The first kappa shape index (κ1) is 20.9. The zero-order valence-corrected chi connectivity index (χ0v) is 18.2. The van der Waals surface area contributed by atoms with Gasteiger partial charge in [0, 0.05) is 16.1 Å². The lowest BCUT2D eigenvalue weighted by Crippen LogP contribution is -2.29. The zero-order chi connectivity index (χ0) is 22.0. The van der Waals surface area contributed by atoms with Crippen molar-refractivity contribution in [2.45, 2.75) is 26.3 Å². The maximum atomic E-state index is 13.1. The smallest absolute Gasteiger partial charge is 0.300 e. The molecule has 5 nitrogen and oxygen atoms in total. The van der Waals surface area contributed by atoms with E-state index in [1.54, 1.807) is 24.3 Å². The highest BCUT2D eigenvalue weighted by molar-refractivity contribution is 7.10. The molecule has 4 rings (SSSR count). The van der Waals surface area contributed by atoms with Crippen LogP contribution in [0, 0.1) is 6.92 Å². The molecule has 31 heavy (non-hydrogen) atoms. The van der Waals surface area contributed by atoms with Crippen molar-refractivity contribution in [2.75, 3.05) is 11.5 Å². The quantitative estimate of drug-likeness (QED) is 0.318. The lowest BCUT2D eigenvalue weighted by molar-refractivity contribution is -0.132. The number of ketones is 1. The van der Waals surface area contributed by atoms with E-state index in [1.807, 2.05) is 55.6 Å². The Bertz CT molecular complexity index is 1150. The van der Waals surface area contributed by atoms with Gasteiger partial charge in [-0.15, -0.1) is 11.3 Å². The van der Waals surface area contributed by atoms with Crippen LogP contribution in [0.2, 0.25) is 0 Å². The number of amides is 1. The molecule has 1 saturated heterocycles. The van der Waals surface area contributed by atoms with Gasteiger partial charge in [-0.2, -0.15) is 0 Å². The van der Waals surface area contributed by atoms with Crippen molar-refractivity contribution in [3.05, 3.63) is 87.6 Å². The van der Waals surface area contributed by atoms with Gasteiger partial charge < -0.3 is 9.84 Å². The number of thiophene rings is 1. The molecule has 1 aliphatic rings. The van der Waals surface area contributed by atoms with Crippen LogP contribution in [0.5, 0.6) is 5.75 Å². The molecule has 6 heteroatoms. The molecule has 158 valence electrons. The van der Waals surface area contributed by atoms with Crippen LogP contribution in [0.4, 0.5) is 5.69 Å². The third kappa shape index (κ3) is 3.86. The number of aryl methyl sites for hydroxylation is 1. The fraction of sp³-hybridized carbons (Fsp3) is 0.200. The summed E-state index contributed by atoms with van der Waals surface area (Å²) in [5.41, 5.74) is 2.06. The number of hydrogen-bond acceptors (Lipinski definition) is 5. The number of ether oxygens (including phenoxy) is 1. The van der Waals surface area contributed by atoms with Gasteiger partial charge in [0.05, 0.1) is 12.2 Å². The zero-order valence-electron chi connectivity index (χ0n) is 17.4. The van der Waals surface area contributed by atoms with E-state index in [2.05, 4.69) is 0 Å². The molecule has 1 N–H and O–H groups in total. The highest BCUT2D eigenvalue weighted by atomic mass is 32.1. The molecule has 1 fully saturated rings. The Balaban J connectivity index is 1.87. The number of aliphatic hydroxyl groups excluding tert-OH is 1. The van der Waals surface area contributed by atoms with Gasteiger partial charge in [-0.25, -0.2) is 0 Å². The number of carbonyl (C=O) groups excluding carboxylic acids is 2. The summed E-state index contributed by atoms with van der Waals surface area (Å²) in [6.45, 7) is 4.46. The summed E-state index contributed by atoms with van der Waals surface area (Å²) in [6.07, 6.45) is 0.857. The molecule has 1 amide bonds. The number of para-hydroxylation sites is 1. The number of benzene rings is 2. The minimum Gasteiger partial charge on any atom is -0.507 e. The topological polar surface area (TPSA) is 66.8 Å². The second-order valence-corrected chi connectivity index (χ2v) is 8.33. The first-order valence-electron chi connectivity index (χ1n) is 10.2. The molecule has 1 unspecified atom stereocenters. The van der Waals surface area contributed by atoms with Crippen LogP contribution in [0.3, 0.4) is 0 Å². The molecular weight excluding hydrogens is 410 g/mol. The van der Waals surface area contributed by atoms with Crippen LogP contribution < -0.4 is 9.64 Å². The van der Waals surface area contributed by atoms with Gasteiger partial charge in [0.1, 0.15) is 17.6 Å². The Hall–Kier alpha value is -3.38. The Morgan fingerprint density at radius 1 is 1.10 bits per heavy atom. The minimum atomic E-state index is -0.695. The first-order chi connectivity index (χ1) is 15.0. The summed E-state index contributed by atoms with van der Waals surface area (Å²) in [5, 5.41) is 13.1. The second kappa shape index (κ2) is 8.78. The van der Waals surface area contributed by atoms with Crippen LogP contribution in [-0.2, 0) is 9.59 Å². The van der Waals surface area contributed by atoms with Crippen LogP contribution in [0.15, 0.2) is 71.6 Å². The van der Waals surface area contributed by atoms with Gasteiger partial charge in [0.25, 0.3) is 11.7 Å². The van der Waals surface area contributed by atoms with Crippen molar-refractivity contribution in [3.63, 3.8) is 0 Å². The first-order valence-corrected chi connectivity index (χ1v) is 11.0. The van der Waals surface area contributed by atoms with E-state index >= 15 is 0 Å². The van der Waals surface area contributed by atoms with E-state index in [0.717, 1.165) is 16.9 Å². The van der Waals surface area contributed by atoms with E-state index in [1.165, 1.54) is 16.2 Å². The number of hydrogen-bond donors (Lipinski definition) is 1. The van der Waals surface area contributed by atoms with Crippen LogP contribution >= 0.6 is 11.3 Å². The van der Waals surface area contributed by atoms with E-state index < -0.39 is 17.7 Å². The summed E-state index contributed by atoms with van der Waals surface area (Å²) in [4.78, 5) is 28.6. The van der Waals surface area contributed by atoms with Gasteiger partial charge in [0.15, 0.2) is 0 Å². The molecule has 2 heterocycles. The third-order valence-electron chi connectivity index (χ3n) is 5.21. The number of rotatable bonds is 6. The van der Waals surface area contributed by atoms with Crippen LogP contribution in [0.25, 0.3) is 5.76 Å². The summed E-state index contributed by atoms with van der Waals surface area (Å²) < 4.78 is 5.67. The van der Waals surface area contributed by atoms with Gasteiger partial charge in [0.2, 0.25) is 0 Å². The molecule has 1 aliphatic heterocycles. The standard InChI is InChI=1S/C25H23NO4S/c1-3-13-30-18-10-6-9-17(15-18)23(27)21-22(20-12-7-14-31-20)26(25(29)24(21)28)19-11-5-4-8-16(19)2/h4-12,14-15,22,27H,3,13H2,1-2H3/b23-21-.